The fraction of sp³-hybridized carbons (Fsp3) is 0.167. The van der Waals surface area contributed by atoms with Crippen LogP contribution in [-0.2, 0) is 6.54 Å². The molecular weight excluding hydrogens is 262 g/mol. The molecule has 20 heavy (non-hydrogen) atoms. The Bertz CT molecular complexity index is 773. The highest BCUT2D eigenvalue weighted by Crippen LogP contribution is 2.21. The van der Waals surface area contributed by atoms with Gasteiger partial charge in [-0.25, -0.2) is 9.89 Å². The van der Waals surface area contributed by atoms with Crippen LogP contribution < -0.4 is 10.4 Å². The maximum Gasteiger partial charge on any atom is 0.343 e. The standard InChI is InChI=1S/C12H11N5O3/c1-19-9-4-2-3-8(5-9)11-14-10(20-16-11)6-17-7-13-15-12(17)18/h2-5,7H,6H2,1H3,(H,15,18). The zero-order valence-corrected chi connectivity index (χ0v) is 10.6. The Kier molecular flexibility index (Phi) is 3.04. The lowest BCUT2D eigenvalue weighted by Crippen LogP contribution is -2.16. The Hall–Kier alpha value is -2.90. The van der Waals surface area contributed by atoms with E-state index in [2.05, 4.69) is 20.3 Å². The average molecular weight is 273 g/mol. The Morgan fingerprint density at radius 3 is 3.10 bits per heavy atom. The van der Waals surface area contributed by atoms with Crippen molar-refractivity contribution in [3.8, 4) is 17.1 Å². The molecule has 0 aliphatic heterocycles. The zero-order chi connectivity index (χ0) is 13.9. The molecule has 0 aliphatic carbocycles. The Morgan fingerprint density at radius 1 is 1.45 bits per heavy atom. The summed E-state index contributed by atoms with van der Waals surface area (Å²) in [6, 6.07) is 7.32. The number of ether oxygens (including phenoxy) is 1. The largest absolute Gasteiger partial charge is 0.497 e. The van der Waals surface area contributed by atoms with Crippen LogP contribution in [0, 0.1) is 0 Å². The molecule has 0 unspecified atom stereocenters. The number of aromatic nitrogens is 5. The summed E-state index contributed by atoms with van der Waals surface area (Å²) in [5, 5.41) is 9.80. The maximum atomic E-state index is 11.3. The van der Waals surface area contributed by atoms with Gasteiger partial charge in [-0.1, -0.05) is 17.3 Å². The first-order valence-electron chi connectivity index (χ1n) is 5.83. The molecule has 8 nitrogen and oxygen atoms in total. The molecule has 0 aliphatic rings. The van der Waals surface area contributed by atoms with Crippen molar-refractivity contribution in [1.29, 1.82) is 0 Å². The monoisotopic (exact) mass is 273 g/mol. The number of methoxy groups -OCH3 is 1. The van der Waals surface area contributed by atoms with Crippen molar-refractivity contribution >= 4 is 0 Å². The van der Waals surface area contributed by atoms with Gasteiger partial charge in [0.1, 0.15) is 18.6 Å². The fourth-order valence-corrected chi connectivity index (χ4v) is 1.73. The van der Waals surface area contributed by atoms with Crippen molar-refractivity contribution in [3.05, 3.63) is 47.0 Å². The molecule has 0 spiro atoms. The number of H-pyrrole nitrogens is 1. The predicted octanol–water partition coefficient (Wildman–Crippen LogP) is 0.678. The molecule has 1 N–H and O–H groups in total. The Balaban J connectivity index is 1.86. The van der Waals surface area contributed by atoms with Crippen LogP contribution in [-0.4, -0.2) is 32.0 Å². The van der Waals surface area contributed by atoms with Crippen LogP contribution in [0.2, 0.25) is 0 Å². The quantitative estimate of drug-likeness (QED) is 0.750. The third-order valence-electron chi connectivity index (χ3n) is 2.72. The highest BCUT2D eigenvalue weighted by molar-refractivity contribution is 5.56. The maximum absolute atomic E-state index is 11.3. The van der Waals surface area contributed by atoms with E-state index in [0.717, 1.165) is 5.56 Å². The second-order valence-electron chi connectivity index (χ2n) is 4.03. The van der Waals surface area contributed by atoms with Crippen molar-refractivity contribution in [2.75, 3.05) is 7.11 Å². The molecule has 0 saturated heterocycles. The molecule has 8 heteroatoms. The van der Waals surface area contributed by atoms with Gasteiger partial charge < -0.3 is 9.26 Å². The van der Waals surface area contributed by atoms with Crippen LogP contribution in [0.15, 0.2) is 39.9 Å². The third kappa shape index (κ3) is 2.30. The normalized spacial score (nSPS) is 10.7. The molecule has 0 bridgehead atoms. The summed E-state index contributed by atoms with van der Waals surface area (Å²) in [5.74, 6) is 1.47. The number of aromatic amines is 1. The fourth-order valence-electron chi connectivity index (χ4n) is 1.73. The molecule has 0 radical (unpaired) electrons. The number of nitrogens with one attached hydrogen (secondary N) is 1. The first-order valence-corrected chi connectivity index (χ1v) is 5.83. The van der Waals surface area contributed by atoms with E-state index in [-0.39, 0.29) is 12.2 Å². The van der Waals surface area contributed by atoms with Gasteiger partial charge in [-0.2, -0.15) is 10.1 Å². The molecule has 0 fully saturated rings. The number of rotatable bonds is 4. The molecule has 3 aromatic rings. The summed E-state index contributed by atoms with van der Waals surface area (Å²) < 4.78 is 11.6. The molecule has 0 atom stereocenters. The minimum Gasteiger partial charge on any atom is -0.497 e. The molecule has 2 heterocycles. The van der Waals surface area contributed by atoms with Crippen LogP contribution in [0.4, 0.5) is 0 Å². The van der Waals surface area contributed by atoms with Crippen molar-refractivity contribution in [3.63, 3.8) is 0 Å². The number of benzene rings is 1. The van der Waals surface area contributed by atoms with E-state index in [9.17, 15) is 4.79 Å². The van der Waals surface area contributed by atoms with Gasteiger partial charge in [-0.05, 0) is 12.1 Å². The molecule has 3 rings (SSSR count). The Morgan fingerprint density at radius 2 is 2.35 bits per heavy atom. The van der Waals surface area contributed by atoms with E-state index in [1.165, 1.54) is 10.9 Å². The molecular formula is C12H11N5O3. The van der Waals surface area contributed by atoms with E-state index in [4.69, 9.17) is 9.26 Å². The van der Waals surface area contributed by atoms with E-state index in [0.29, 0.717) is 17.5 Å². The van der Waals surface area contributed by atoms with Crippen LogP contribution in [0.5, 0.6) is 5.75 Å². The van der Waals surface area contributed by atoms with Gasteiger partial charge in [0.15, 0.2) is 0 Å². The van der Waals surface area contributed by atoms with Gasteiger partial charge in [0.05, 0.1) is 7.11 Å². The Labute approximate surface area is 113 Å². The second-order valence-corrected chi connectivity index (χ2v) is 4.03. The van der Waals surface area contributed by atoms with Crippen LogP contribution in [0.3, 0.4) is 0 Å². The van der Waals surface area contributed by atoms with Crippen molar-refractivity contribution in [1.82, 2.24) is 24.9 Å². The van der Waals surface area contributed by atoms with Crippen LogP contribution in [0.25, 0.3) is 11.4 Å². The first-order chi connectivity index (χ1) is 9.76. The number of hydrogen-bond donors (Lipinski definition) is 1. The summed E-state index contributed by atoms with van der Waals surface area (Å²) in [4.78, 5) is 15.6. The number of nitrogens with zero attached hydrogens (tertiary/aromatic N) is 4. The number of hydrogen-bond acceptors (Lipinski definition) is 6. The highest BCUT2D eigenvalue weighted by atomic mass is 16.5. The van der Waals surface area contributed by atoms with Gasteiger partial charge >= 0.3 is 5.69 Å². The molecule has 1 aromatic carbocycles. The zero-order valence-electron chi connectivity index (χ0n) is 10.6. The molecule has 102 valence electrons. The van der Waals surface area contributed by atoms with Crippen molar-refractivity contribution in [2.45, 2.75) is 6.54 Å². The van der Waals surface area contributed by atoms with Gasteiger partial charge in [0.2, 0.25) is 11.7 Å². The van der Waals surface area contributed by atoms with Crippen molar-refractivity contribution < 1.29 is 9.26 Å². The molecule has 0 amide bonds. The minimum absolute atomic E-state index is 0.173. The SMILES string of the molecule is COc1cccc(-c2noc(Cn3cn[nH]c3=O)n2)c1. The second kappa shape index (κ2) is 5.00. The highest BCUT2D eigenvalue weighted by Gasteiger charge is 2.10. The van der Waals surface area contributed by atoms with Crippen LogP contribution >= 0.6 is 0 Å². The predicted molar refractivity (Wildman–Crippen MR) is 68.2 cm³/mol. The lowest BCUT2D eigenvalue weighted by atomic mass is 10.2. The molecule has 2 aromatic heterocycles. The van der Waals surface area contributed by atoms with Gasteiger partial charge in [0, 0.05) is 5.56 Å². The van der Waals surface area contributed by atoms with Crippen molar-refractivity contribution in [2.24, 2.45) is 0 Å². The van der Waals surface area contributed by atoms with E-state index in [1.54, 1.807) is 13.2 Å². The van der Waals surface area contributed by atoms with E-state index < -0.39 is 0 Å². The van der Waals surface area contributed by atoms with Crippen LogP contribution in [0.1, 0.15) is 5.89 Å². The summed E-state index contributed by atoms with van der Waals surface area (Å²) in [5.41, 5.74) is 0.449. The summed E-state index contributed by atoms with van der Waals surface area (Å²) in [6.45, 7) is 0.173. The summed E-state index contributed by atoms with van der Waals surface area (Å²) in [6.07, 6.45) is 1.37. The summed E-state index contributed by atoms with van der Waals surface area (Å²) >= 11 is 0. The lowest BCUT2D eigenvalue weighted by molar-refractivity contribution is 0.370. The van der Waals surface area contributed by atoms with Gasteiger partial charge in [-0.3, -0.25) is 4.57 Å². The lowest BCUT2D eigenvalue weighted by Gasteiger charge is -1.99. The van der Waals surface area contributed by atoms with Gasteiger partial charge in [-0.15, -0.1) is 0 Å². The van der Waals surface area contributed by atoms with E-state index in [1.807, 2.05) is 18.2 Å². The molecule has 0 saturated carbocycles. The third-order valence-corrected chi connectivity index (χ3v) is 2.72. The smallest absolute Gasteiger partial charge is 0.343 e. The minimum atomic E-state index is -0.328. The topological polar surface area (TPSA) is 98.8 Å². The average Bonchev–Trinajstić information content (AvgIpc) is 3.10. The van der Waals surface area contributed by atoms with Gasteiger partial charge in [0.25, 0.3) is 0 Å². The first kappa shape index (κ1) is 12.2. The van der Waals surface area contributed by atoms with E-state index >= 15 is 0 Å². The summed E-state index contributed by atoms with van der Waals surface area (Å²) in [7, 11) is 1.59.